The van der Waals surface area contributed by atoms with Crippen LogP contribution in [0.4, 0.5) is 5.82 Å². The van der Waals surface area contributed by atoms with Crippen molar-refractivity contribution in [2.24, 2.45) is 0 Å². The summed E-state index contributed by atoms with van der Waals surface area (Å²) in [5.74, 6) is -0.326. The molecule has 0 atom stereocenters. The molecule has 6 heteroatoms. The number of nitrogens with zero attached hydrogens (tertiary/aromatic N) is 1. The third-order valence-electron chi connectivity index (χ3n) is 4.35. The molecule has 0 radical (unpaired) electrons. The summed E-state index contributed by atoms with van der Waals surface area (Å²) in [6.45, 7) is 2.26. The molecule has 1 aromatic heterocycles. The van der Waals surface area contributed by atoms with Gasteiger partial charge in [-0.05, 0) is 38.2 Å². The fourth-order valence-corrected chi connectivity index (χ4v) is 2.73. The lowest BCUT2D eigenvalue weighted by molar-refractivity contribution is -0.137. The van der Waals surface area contributed by atoms with Gasteiger partial charge >= 0.3 is 11.7 Å². The number of allylic oxidation sites excluding steroid dienone is 2. The number of aliphatic carboxylic acids is 1. The molecule has 0 spiro atoms. The fourth-order valence-electron chi connectivity index (χ4n) is 2.73. The number of aromatic nitrogens is 2. The van der Waals surface area contributed by atoms with E-state index in [1.807, 2.05) is 0 Å². The maximum atomic E-state index is 10.3. The van der Waals surface area contributed by atoms with Crippen LogP contribution in [0.25, 0.3) is 0 Å². The minimum absolute atomic E-state index is 0.332. The average molecular weight is 394 g/mol. The van der Waals surface area contributed by atoms with E-state index >= 15 is 0 Å². The number of nitrogens with one attached hydrogen (secondary N) is 1. The number of H-pyrrole nitrogens is 1. The zero-order chi connectivity index (χ0) is 20.9. The Bertz CT molecular complexity index is 570. The Kier molecular flexibility index (Phi) is 18.2. The first-order chi connectivity index (χ1) is 13.6. The van der Waals surface area contributed by atoms with E-state index in [1.54, 1.807) is 0 Å². The average Bonchev–Trinajstić information content (AvgIpc) is 2.65. The molecule has 160 valence electrons. The second-order valence-corrected chi connectivity index (χ2v) is 7.06. The quantitative estimate of drug-likeness (QED) is 0.271. The number of carbonyl (C=O) groups is 1. The van der Waals surface area contributed by atoms with Crippen LogP contribution < -0.4 is 11.4 Å². The van der Waals surface area contributed by atoms with Crippen LogP contribution in [0.1, 0.15) is 96.8 Å². The second kappa shape index (κ2) is 19.6. The Morgan fingerprint density at radius 3 is 2.00 bits per heavy atom. The summed E-state index contributed by atoms with van der Waals surface area (Å²) < 4.78 is 0. The summed E-state index contributed by atoms with van der Waals surface area (Å²) in [5, 5.41) is 8.51. The van der Waals surface area contributed by atoms with E-state index in [0.717, 1.165) is 12.8 Å². The molecule has 28 heavy (non-hydrogen) atoms. The molecule has 0 unspecified atom stereocenters. The zero-order valence-corrected chi connectivity index (χ0v) is 17.5. The standard InChI is InChI=1S/C18H34O2.C4H5N3O/c1-2-3-4-5-6-7-8-9-10-11-12-13-14-15-16-17-18(19)20;5-3-1-2-6-4(8)7-3/h9-10H,2-8,11-17H2,1H3,(H,19,20);1-2H,(H3,5,6,7,8)/b10-9+;. The van der Waals surface area contributed by atoms with Gasteiger partial charge in [0.2, 0.25) is 0 Å². The number of rotatable bonds is 15. The summed E-state index contributed by atoms with van der Waals surface area (Å²) in [7, 11) is 0. The highest BCUT2D eigenvalue weighted by atomic mass is 16.4. The number of carboxylic acid groups (broad SMARTS) is 1. The van der Waals surface area contributed by atoms with Crippen molar-refractivity contribution in [1.29, 1.82) is 0 Å². The first-order valence-corrected chi connectivity index (χ1v) is 10.7. The molecule has 1 rings (SSSR count). The fraction of sp³-hybridized carbons (Fsp3) is 0.682. The van der Waals surface area contributed by atoms with Crippen molar-refractivity contribution in [1.82, 2.24) is 9.97 Å². The van der Waals surface area contributed by atoms with Crippen molar-refractivity contribution in [2.75, 3.05) is 5.73 Å². The predicted octanol–water partition coefficient (Wildman–Crippen LogP) is 5.46. The number of aromatic amines is 1. The van der Waals surface area contributed by atoms with E-state index in [-0.39, 0.29) is 0 Å². The van der Waals surface area contributed by atoms with Crippen LogP contribution in [0.3, 0.4) is 0 Å². The molecule has 0 amide bonds. The minimum atomic E-state index is -0.664. The topological polar surface area (TPSA) is 109 Å². The lowest BCUT2D eigenvalue weighted by atomic mass is 10.1. The number of carboxylic acids is 1. The third kappa shape index (κ3) is 20.2. The van der Waals surface area contributed by atoms with E-state index in [0.29, 0.717) is 12.2 Å². The van der Waals surface area contributed by atoms with Crippen molar-refractivity contribution >= 4 is 11.8 Å². The first-order valence-electron chi connectivity index (χ1n) is 10.7. The van der Waals surface area contributed by atoms with Crippen molar-refractivity contribution < 1.29 is 9.90 Å². The van der Waals surface area contributed by atoms with Gasteiger partial charge in [-0.15, -0.1) is 0 Å². The van der Waals surface area contributed by atoms with Gasteiger partial charge in [-0.1, -0.05) is 70.4 Å². The van der Waals surface area contributed by atoms with E-state index in [9.17, 15) is 9.59 Å². The largest absolute Gasteiger partial charge is 0.481 e. The van der Waals surface area contributed by atoms with Gasteiger partial charge in [0.1, 0.15) is 5.82 Å². The van der Waals surface area contributed by atoms with Gasteiger partial charge in [0, 0.05) is 12.6 Å². The van der Waals surface area contributed by atoms with Crippen LogP contribution in [-0.4, -0.2) is 21.0 Å². The molecule has 0 saturated carbocycles. The van der Waals surface area contributed by atoms with Crippen LogP contribution in [0, 0.1) is 0 Å². The Hall–Kier alpha value is -2.11. The number of nitrogens with two attached hydrogens (primary N) is 1. The highest BCUT2D eigenvalue weighted by Crippen LogP contribution is 2.09. The maximum Gasteiger partial charge on any atom is 0.346 e. The molecule has 0 aromatic carbocycles. The van der Waals surface area contributed by atoms with E-state index in [1.165, 1.54) is 82.9 Å². The summed E-state index contributed by atoms with van der Waals surface area (Å²) in [5.41, 5.74) is 4.75. The van der Waals surface area contributed by atoms with Crippen molar-refractivity contribution in [3.8, 4) is 0 Å². The van der Waals surface area contributed by atoms with Crippen LogP contribution in [-0.2, 0) is 4.79 Å². The molecule has 0 aliphatic heterocycles. The number of nitrogen functional groups attached to an aromatic ring is 1. The molecule has 4 N–H and O–H groups in total. The van der Waals surface area contributed by atoms with Gasteiger partial charge in [-0.2, -0.15) is 0 Å². The molecule has 6 nitrogen and oxygen atoms in total. The van der Waals surface area contributed by atoms with Crippen LogP contribution in [0.15, 0.2) is 29.2 Å². The molecule has 0 aliphatic carbocycles. The summed E-state index contributed by atoms with van der Waals surface area (Å²) in [4.78, 5) is 26.2. The SMILES string of the molecule is CCCCCCCC/C=C/CCCCCCCC(=O)O.Nc1ccnc(=O)[nH]1. The normalized spacial score (nSPS) is 10.6. The van der Waals surface area contributed by atoms with E-state index in [2.05, 4.69) is 29.0 Å². The Labute approximate surface area is 169 Å². The van der Waals surface area contributed by atoms with Crippen LogP contribution in [0.5, 0.6) is 0 Å². The van der Waals surface area contributed by atoms with Gasteiger partial charge in [0.05, 0.1) is 0 Å². The van der Waals surface area contributed by atoms with Crippen molar-refractivity contribution in [3.63, 3.8) is 0 Å². The van der Waals surface area contributed by atoms with Crippen LogP contribution >= 0.6 is 0 Å². The number of hydrogen-bond acceptors (Lipinski definition) is 4. The molecule has 0 bridgehead atoms. The molecular formula is C22H39N3O3. The summed E-state index contributed by atoms with van der Waals surface area (Å²) in [6, 6.07) is 1.52. The third-order valence-corrected chi connectivity index (χ3v) is 4.35. The van der Waals surface area contributed by atoms with Crippen LogP contribution in [0.2, 0.25) is 0 Å². The summed E-state index contributed by atoms with van der Waals surface area (Å²) in [6.07, 6.45) is 22.6. The van der Waals surface area contributed by atoms with Gasteiger partial charge in [-0.3, -0.25) is 9.78 Å². The second-order valence-electron chi connectivity index (χ2n) is 7.06. The van der Waals surface area contributed by atoms with Gasteiger partial charge < -0.3 is 10.8 Å². The monoisotopic (exact) mass is 393 g/mol. The van der Waals surface area contributed by atoms with E-state index in [4.69, 9.17) is 10.8 Å². The molecule has 0 fully saturated rings. The number of unbranched alkanes of at least 4 members (excludes halogenated alkanes) is 11. The maximum absolute atomic E-state index is 10.3. The minimum Gasteiger partial charge on any atom is -0.481 e. The van der Waals surface area contributed by atoms with Gasteiger partial charge in [-0.25, -0.2) is 9.78 Å². The van der Waals surface area contributed by atoms with Gasteiger partial charge in [0.15, 0.2) is 0 Å². The van der Waals surface area contributed by atoms with Crippen molar-refractivity contribution in [3.05, 3.63) is 34.9 Å². The molecule has 0 aliphatic rings. The zero-order valence-electron chi connectivity index (χ0n) is 17.5. The predicted molar refractivity (Wildman–Crippen MR) is 116 cm³/mol. The van der Waals surface area contributed by atoms with E-state index < -0.39 is 11.7 Å². The van der Waals surface area contributed by atoms with Crippen molar-refractivity contribution in [2.45, 2.75) is 96.8 Å². The summed E-state index contributed by atoms with van der Waals surface area (Å²) >= 11 is 0. The number of hydrogen-bond donors (Lipinski definition) is 3. The highest BCUT2D eigenvalue weighted by Gasteiger charge is 1.95. The molecule has 1 heterocycles. The lowest BCUT2D eigenvalue weighted by Gasteiger charge is -1.99. The smallest absolute Gasteiger partial charge is 0.346 e. The Morgan fingerprint density at radius 1 is 1.00 bits per heavy atom. The molecular weight excluding hydrogens is 354 g/mol. The molecule has 0 saturated heterocycles. The lowest BCUT2D eigenvalue weighted by Crippen LogP contribution is -2.10. The molecule has 1 aromatic rings. The number of anilines is 1. The Balaban J connectivity index is 0.000000749. The Morgan fingerprint density at radius 2 is 1.54 bits per heavy atom. The first kappa shape index (κ1) is 25.9. The van der Waals surface area contributed by atoms with Gasteiger partial charge in [0.25, 0.3) is 0 Å². The highest BCUT2D eigenvalue weighted by molar-refractivity contribution is 5.66.